The molecule has 3 fully saturated rings. The van der Waals surface area contributed by atoms with Crippen molar-refractivity contribution in [1.82, 2.24) is 20.4 Å². The van der Waals surface area contributed by atoms with Gasteiger partial charge in [-0.05, 0) is 42.2 Å². The van der Waals surface area contributed by atoms with Gasteiger partial charge in [0.15, 0.2) is 0 Å². The number of carbonyl (C=O) groups is 5. The number of nitrogens with one attached hydrogen (secondary N) is 2. The molecule has 2 saturated carbocycles. The van der Waals surface area contributed by atoms with Crippen LogP contribution in [-0.2, 0) is 35.9 Å². The second kappa shape index (κ2) is 10.6. The van der Waals surface area contributed by atoms with E-state index in [4.69, 9.17) is 5.73 Å². The van der Waals surface area contributed by atoms with Crippen LogP contribution in [0.15, 0.2) is 24.3 Å². The van der Waals surface area contributed by atoms with Crippen LogP contribution in [0.25, 0.3) is 0 Å². The fraction of sp³-hybridized carbons (Fsp3) is 0.607. The molecule has 1 aromatic rings. The molecule has 2 aliphatic carbocycles. The van der Waals surface area contributed by atoms with Crippen molar-refractivity contribution in [1.29, 1.82) is 0 Å². The lowest BCUT2D eigenvalue weighted by Crippen LogP contribution is -2.58. The van der Waals surface area contributed by atoms with Gasteiger partial charge in [0.2, 0.25) is 23.6 Å². The van der Waals surface area contributed by atoms with E-state index in [2.05, 4.69) is 5.32 Å². The molecule has 2 heterocycles. The number of alkyl halides is 3. The number of likely N-dealkylation sites (N-methyl/N-ethyl adjacent to an activating group) is 1. The van der Waals surface area contributed by atoms with Crippen LogP contribution in [-0.4, -0.2) is 77.2 Å². The van der Waals surface area contributed by atoms with E-state index >= 15 is 0 Å². The third-order valence-corrected chi connectivity index (χ3v) is 8.86. The van der Waals surface area contributed by atoms with Gasteiger partial charge in [-0.3, -0.25) is 24.0 Å². The Morgan fingerprint density at radius 3 is 2.37 bits per heavy atom. The SMILES string of the molecule is CN(C(=O)[C@H](CC1CC1)NC(=O)C(F)(F)F)[C@@H](CC1CC1)C(=O)N1CC2(CC1C(N)=O)C(=O)NCc1ccccc12. The molecule has 1 spiro atoms. The van der Waals surface area contributed by atoms with Crippen LogP contribution in [0.1, 0.15) is 56.1 Å². The molecule has 1 aromatic carbocycles. The molecule has 1 saturated heterocycles. The Kier molecular flexibility index (Phi) is 7.49. The zero-order chi connectivity index (χ0) is 29.7. The number of fused-ring (bicyclic) bond motifs is 2. The number of rotatable bonds is 9. The quantitative estimate of drug-likeness (QED) is 0.403. The average molecular weight is 578 g/mol. The Labute approximate surface area is 235 Å². The van der Waals surface area contributed by atoms with Crippen LogP contribution in [0.2, 0.25) is 0 Å². The number of carbonyl (C=O) groups excluding carboxylic acids is 5. The van der Waals surface area contributed by atoms with E-state index in [0.29, 0.717) is 12.1 Å². The smallest absolute Gasteiger partial charge is 0.368 e. The van der Waals surface area contributed by atoms with E-state index in [0.717, 1.165) is 36.1 Å². The molecule has 0 aromatic heterocycles. The van der Waals surface area contributed by atoms with E-state index < -0.39 is 53.3 Å². The van der Waals surface area contributed by atoms with Crippen molar-refractivity contribution in [2.24, 2.45) is 17.6 Å². The first-order valence-corrected chi connectivity index (χ1v) is 13.9. The molecule has 0 radical (unpaired) electrons. The topological polar surface area (TPSA) is 142 Å². The first-order chi connectivity index (χ1) is 19.3. The molecule has 4 atom stereocenters. The van der Waals surface area contributed by atoms with Crippen LogP contribution in [0, 0.1) is 11.8 Å². The van der Waals surface area contributed by atoms with Gasteiger partial charge in [0.25, 0.3) is 0 Å². The van der Waals surface area contributed by atoms with Crippen LogP contribution < -0.4 is 16.4 Å². The van der Waals surface area contributed by atoms with Gasteiger partial charge in [-0.1, -0.05) is 49.9 Å². The molecular weight excluding hydrogens is 543 g/mol. The molecule has 2 aliphatic heterocycles. The molecule has 13 heteroatoms. The number of nitrogens with zero attached hydrogens (tertiary/aromatic N) is 2. The predicted octanol–water partition coefficient (Wildman–Crippen LogP) is 1.11. The van der Waals surface area contributed by atoms with E-state index in [9.17, 15) is 37.1 Å². The van der Waals surface area contributed by atoms with Gasteiger partial charge < -0.3 is 26.2 Å². The standard InChI is InChI=1S/C28H34F3N5O5/c1-35(23(38)19(10-15-6-7-15)34-26(41)28(29,30)31)20(11-16-8-9-16)24(39)36-14-27(12-21(36)22(32)37)18-5-3-2-4-17(18)13-33-25(27)40/h2-5,15-16,19-21H,6-14H2,1H3,(H2,32,37)(H,33,40)(H,34,41)/t19-,20-,21?,27?/m0/s1. The van der Waals surface area contributed by atoms with Gasteiger partial charge in [-0.15, -0.1) is 0 Å². The van der Waals surface area contributed by atoms with Crippen molar-refractivity contribution >= 4 is 29.5 Å². The lowest BCUT2D eigenvalue weighted by atomic mass is 9.73. The van der Waals surface area contributed by atoms with E-state index in [1.807, 2.05) is 17.4 Å². The Morgan fingerprint density at radius 2 is 1.76 bits per heavy atom. The zero-order valence-electron chi connectivity index (χ0n) is 22.7. The van der Waals surface area contributed by atoms with Crippen LogP contribution >= 0.6 is 0 Å². The summed E-state index contributed by atoms with van der Waals surface area (Å²) in [5, 5.41) is 4.67. The van der Waals surface area contributed by atoms with Gasteiger partial charge in [0, 0.05) is 20.1 Å². The third kappa shape index (κ3) is 5.76. The van der Waals surface area contributed by atoms with Gasteiger partial charge in [0.05, 0.1) is 5.41 Å². The summed E-state index contributed by atoms with van der Waals surface area (Å²) in [5.41, 5.74) is 6.08. The van der Waals surface area contributed by atoms with E-state index in [-0.39, 0.29) is 43.6 Å². The maximum atomic E-state index is 14.2. The highest BCUT2D eigenvalue weighted by molar-refractivity contribution is 5.98. The summed E-state index contributed by atoms with van der Waals surface area (Å²) in [6.07, 6.45) is -1.82. The minimum absolute atomic E-state index is 0.00558. The maximum absolute atomic E-state index is 14.2. The highest BCUT2D eigenvalue weighted by atomic mass is 19.4. The maximum Gasteiger partial charge on any atom is 0.471 e. The van der Waals surface area contributed by atoms with Crippen LogP contribution in [0.3, 0.4) is 0 Å². The Morgan fingerprint density at radius 1 is 1.12 bits per heavy atom. The molecule has 5 amide bonds. The summed E-state index contributed by atoms with van der Waals surface area (Å²) in [6.45, 7) is 0.168. The number of hydrogen-bond donors (Lipinski definition) is 3. The second-order valence-corrected chi connectivity index (χ2v) is 11.9. The molecule has 5 rings (SSSR count). The lowest BCUT2D eigenvalue weighted by molar-refractivity contribution is -0.175. The third-order valence-electron chi connectivity index (χ3n) is 8.86. The van der Waals surface area contributed by atoms with Crippen LogP contribution in [0.4, 0.5) is 13.2 Å². The highest BCUT2D eigenvalue weighted by Crippen LogP contribution is 2.43. The molecule has 41 heavy (non-hydrogen) atoms. The number of hydrogen-bond acceptors (Lipinski definition) is 5. The van der Waals surface area contributed by atoms with E-state index in [1.165, 1.54) is 11.9 Å². The average Bonchev–Trinajstić information content (AvgIpc) is 3.86. The van der Waals surface area contributed by atoms with Crippen molar-refractivity contribution in [3.63, 3.8) is 0 Å². The molecule has 4 aliphatic rings. The number of nitrogens with two attached hydrogens (primary N) is 1. The minimum Gasteiger partial charge on any atom is -0.368 e. The Bertz CT molecular complexity index is 1260. The van der Waals surface area contributed by atoms with Crippen molar-refractivity contribution in [2.45, 2.75) is 81.2 Å². The molecule has 222 valence electrons. The summed E-state index contributed by atoms with van der Waals surface area (Å²) < 4.78 is 39.2. The zero-order valence-corrected chi connectivity index (χ0v) is 22.7. The molecule has 0 bridgehead atoms. The summed E-state index contributed by atoms with van der Waals surface area (Å²) >= 11 is 0. The summed E-state index contributed by atoms with van der Waals surface area (Å²) in [6, 6.07) is 3.57. The van der Waals surface area contributed by atoms with Crippen molar-refractivity contribution in [3.8, 4) is 0 Å². The number of primary amides is 1. The molecular formula is C28H34F3N5O5. The Balaban J connectivity index is 1.43. The van der Waals surface area contributed by atoms with Gasteiger partial charge in [-0.25, -0.2) is 0 Å². The van der Waals surface area contributed by atoms with Crippen molar-refractivity contribution in [3.05, 3.63) is 35.4 Å². The number of likely N-dealkylation sites (tertiary alicyclic amines) is 1. The number of halogens is 3. The van der Waals surface area contributed by atoms with Crippen molar-refractivity contribution < 1.29 is 37.1 Å². The molecule has 4 N–H and O–H groups in total. The fourth-order valence-electron chi connectivity index (χ4n) is 6.19. The van der Waals surface area contributed by atoms with Crippen LogP contribution in [0.5, 0.6) is 0 Å². The van der Waals surface area contributed by atoms with Gasteiger partial charge in [-0.2, -0.15) is 13.2 Å². The summed E-state index contributed by atoms with van der Waals surface area (Å²) in [7, 11) is 1.33. The normalized spacial score (nSPS) is 25.2. The highest BCUT2D eigenvalue weighted by Gasteiger charge is 2.57. The van der Waals surface area contributed by atoms with Gasteiger partial charge >= 0.3 is 12.1 Å². The van der Waals surface area contributed by atoms with E-state index in [1.54, 1.807) is 12.1 Å². The first kappa shape index (κ1) is 28.9. The second-order valence-electron chi connectivity index (χ2n) is 11.9. The minimum atomic E-state index is -5.17. The lowest BCUT2D eigenvalue weighted by Gasteiger charge is -2.36. The fourth-order valence-corrected chi connectivity index (χ4v) is 6.19. The van der Waals surface area contributed by atoms with Crippen molar-refractivity contribution in [2.75, 3.05) is 13.6 Å². The number of benzene rings is 1. The predicted molar refractivity (Wildman–Crippen MR) is 139 cm³/mol. The first-order valence-electron chi connectivity index (χ1n) is 13.9. The molecule has 2 unspecified atom stereocenters. The Hall–Kier alpha value is -3.64. The summed E-state index contributed by atoms with van der Waals surface area (Å²) in [4.78, 5) is 67.8. The number of amides is 5. The van der Waals surface area contributed by atoms with Gasteiger partial charge in [0.1, 0.15) is 18.1 Å². The molecule has 10 nitrogen and oxygen atoms in total. The monoisotopic (exact) mass is 577 g/mol. The summed E-state index contributed by atoms with van der Waals surface area (Å²) in [5.74, 6) is -4.63. The largest absolute Gasteiger partial charge is 0.471 e.